The number of allylic oxidation sites excluding steroid dienone is 4. The van der Waals surface area contributed by atoms with Crippen molar-refractivity contribution in [3.63, 3.8) is 0 Å². The van der Waals surface area contributed by atoms with E-state index < -0.39 is 0 Å². The summed E-state index contributed by atoms with van der Waals surface area (Å²) < 4.78 is 0. The Labute approximate surface area is 62.4 Å². The number of hydrogen-bond donors (Lipinski definition) is 0. The van der Waals surface area contributed by atoms with Gasteiger partial charge in [0.05, 0.1) is 0 Å². The van der Waals surface area contributed by atoms with Crippen LogP contribution in [-0.4, -0.2) is 6.29 Å². The molecule has 1 nitrogen and oxygen atoms in total. The summed E-state index contributed by atoms with van der Waals surface area (Å²) in [5.74, 6) is 0.509. The van der Waals surface area contributed by atoms with E-state index in [2.05, 4.69) is 13.8 Å². The molecule has 0 radical (unpaired) electrons. The van der Waals surface area contributed by atoms with Crippen LogP contribution in [0.2, 0.25) is 0 Å². The summed E-state index contributed by atoms with van der Waals surface area (Å²) in [6.07, 6.45) is 6.51. The molecule has 0 N–H and O–H groups in total. The zero-order valence-electron chi connectivity index (χ0n) is 6.79. The quantitative estimate of drug-likeness (QED) is 0.332. The third-order valence-corrected chi connectivity index (χ3v) is 1.14. The van der Waals surface area contributed by atoms with Crippen molar-refractivity contribution in [2.45, 2.75) is 20.8 Å². The van der Waals surface area contributed by atoms with Crippen molar-refractivity contribution >= 4 is 6.29 Å². The maximum atomic E-state index is 10.2. The van der Waals surface area contributed by atoms with E-state index in [1.54, 1.807) is 6.08 Å². The number of carbonyl (C=O) groups excluding carboxylic acids is 1. The highest BCUT2D eigenvalue weighted by atomic mass is 16.1. The van der Waals surface area contributed by atoms with E-state index in [-0.39, 0.29) is 0 Å². The van der Waals surface area contributed by atoms with Crippen LogP contribution in [0.15, 0.2) is 23.8 Å². The largest absolute Gasteiger partial charge is 0.298 e. The Morgan fingerprint density at radius 2 is 2.00 bits per heavy atom. The Morgan fingerprint density at radius 3 is 2.30 bits per heavy atom. The second kappa shape index (κ2) is 4.98. The molecule has 0 amide bonds. The average Bonchev–Trinajstić information content (AvgIpc) is 1.90. The second-order valence-electron chi connectivity index (χ2n) is 2.51. The maximum absolute atomic E-state index is 10.2. The Morgan fingerprint density at radius 1 is 1.40 bits per heavy atom. The van der Waals surface area contributed by atoms with Crippen molar-refractivity contribution in [2.75, 3.05) is 0 Å². The molecule has 1 heteroatoms. The Balaban J connectivity index is 3.98. The van der Waals surface area contributed by atoms with Crippen molar-refractivity contribution in [2.24, 2.45) is 5.92 Å². The summed E-state index contributed by atoms with van der Waals surface area (Å²) in [5, 5.41) is 0. The first-order valence-corrected chi connectivity index (χ1v) is 3.50. The highest BCUT2D eigenvalue weighted by Gasteiger charge is 1.86. The topological polar surface area (TPSA) is 17.1 Å². The van der Waals surface area contributed by atoms with Gasteiger partial charge in [0.25, 0.3) is 0 Å². The second-order valence-corrected chi connectivity index (χ2v) is 2.51. The highest BCUT2D eigenvalue weighted by Crippen LogP contribution is 1.98. The van der Waals surface area contributed by atoms with Crippen molar-refractivity contribution in [1.82, 2.24) is 0 Å². The lowest BCUT2D eigenvalue weighted by molar-refractivity contribution is -0.104. The van der Waals surface area contributed by atoms with Gasteiger partial charge in [-0.1, -0.05) is 32.1 Å². The van der Waals surface area contributed by atoms with Gasteiger partial charge < -0.3 is 0 Å². The van der Waals surface area contributed by atoms with Crippen molar-refractivity contribution in [3.8, 4) is 0 Å². The summed E-state index contributed by atoms with van der Waals surface area (Å²) in [6, 6.07) is 0. The fraction of sp³-hybridized carbons (Fsp3) is 0.444. The third kappa shape index (κ3) is 4.07. The van der Waals surface area contributed by atoms with E-state index in [1.807, 2.05) is 19.1 Å². The number of hydrogen-bond acceptors (Lipinski definition) is 1. The predicted molar refractivity (Wildman–Crippen MR) is 43.8 cm³/mol. The molecule has 10 heavy (non-hydrogen) atoms. The number of aldehydes is 1. The molecule has 0 unspecified atom stereocenters. The van der Waals surface area contributed by atoms with Crippen LogP contribution in [0.5, 0.6) is 0 Å². The predicted octanol–water partition coefficient (Wildman–Crippen LogP) is 2.34. The van der Waals surface area contributed by atoms with Crippen LogP contribution >= 0.6 is 0 Å². The van der Waals surface area contributed by atoms with Gasteiger partial charge in [-0.15, -0.1) is 0 Å². The molecule has 0 bridgehead atoms. The summed E-state index contributed by atoms with van der Waals surface area (Å²) in [6.45, 7) is 6.01. The molecular weight excluding hydrogens is 124 g/mol. The Bertz CT molecular complexity index is 152. The van der Waals surface area contributed by atoms with Crippen LogP contribution in [0.3, 0.4) is 0 Å². The van der Waals surface area contributed by atoms with Crippen LogP contribution in [0.4, 0.5) is 0 Å². The lowest BCUT2D eigenvalue weighted by atomic mass is 10.1. The summed E-state index contributed by atoms with van der Waals surface area (Å²) in [4.78, 5) is 10.2. The van der Waals surface area contributed by atoms with E-state index in [0.29, 0.717) is 5.92 Å². The van der Waals surface area contributed by atoms with E-state index in [1.165, 1.54) is 0 Å². The van der Waals surface area contributed by atoms with E-state index in [9.17, 15) is 4.79 Å². The van der Waals surface area contributed by atoms with Gasteiger partial charge in [-0.05, 0) is 12.8 Å². The summed E-state index contributed by atoms with van der Waals surface area (Å²) in [5.41, 5.74) is 0.744. The molecular formula is C9H14O. The van der Waals surface area contributed by atoms with Gasteiger partial charge in [-0.3, -0.25) is 4.79 Å². The van der Waals surface area contributed by atoms with Gasteiger partial charge in [-0.25, -0.2) is 0 Å². The van der Waals surface area contributed by atoms with Gasteiger partial charge >= 0.3 is 0 Å². The first-order chi connectivity index (χ1) is 4.70. The molecule has 0 saturated heterocycles. The van der Waals surface area contributed by atoms with E-state index >= 15 is 0 Å². The highest BCUT2D eigenvalue weighted by molar-refractivity contribution is 5.77. The smallest absolute Gasteiger partial charge is 0.149 e. The Kier molecular flexibility index (Phi) is 4.55. The van der Waals surface area contributed by atoms with E-state index in [4.69, 9.17) is 0 Å². The minimum atomic E-state index is 0.509. The van der Waals surface area contributed by atoms with E-state index in [0.717, 1.165) is 11.9 Å². The lowest BCUT2D eigenvalue weighted by Gasteiger charge is -1.91. The average molecular weight is 138 g/mol. The first kappa shape index (κ1) is 9.15. The molecule has 0 aromatic heterocycles. The zero-order chi connectivity index (χ0) is 7.98. The minimum Gasteiger partial charge on any atom is -0.298 e. The molecule has 0 aliphatic carbocycles. The fourth-order valence-corrected chi connectivity index (χ4v) is 0.507. The van der Waals surface area contributed by atoms with Crippen LogP contribution in [0.25, 0.3) is 0 Å². The molecule has 0 aromatic carbocycles. The van der Waals surface area contributed by atoms with Gasteiger partial charge in [0.1, 0.15) is 6.29 Å². The maximum Gasteiger partial charge on any atom is 0.149 e. The first-order valence-electron chi connectivity index (χ1n) is 3.50. The molecule has 0 spiro atoms. The standard InChI is InChI=1S/C9H14O/c1-4-9(7-10)6-5-8(2)3/h4-8H,1-3H3/b6-5-,9-4+. The molecule has 0 rings (SSSR count). The summed E-state index contributed by atoms with van der Waals surface area (Å²) >= 11 is 0. The number of carbonyl (C=O) groups is 1. The van der Waals surface area contributed by atoms with Crippen LogP contribution in [0.1, 0.15) is 20.8 Å². The molecule has 0 saturated carbocycles. The molecule has 56 valence electrons. The molecule has 0 aromatic rings. The van der Waals surface area contributed by atoms with Gasteiger partial charge in [0.2, 0.25) is 0 Å². The third-order valence-electron chi connectivity index (χ3n) is 1.14. The minimum absolute atomic E-state index is 0.509. The van der Waals surface area contributed by atoms with Gasteiger partial charge in [-0.2, -0.15) is 0 Å². The SMILES string of the molecule is C/C=C(C=O)\C=C/C(C)C. The van der Waals surface area contributed by atoms with Crippen LogP contribution in [-0.2, 0) is 4.79 Å². The molecule has 0 atom stereocenters. The van der Waals surface area contributed by atoms with Crippen LogP contribution < -0.4 is 0 Å². The van der Waals surface area contributed by atoms with Crippen molar-refractivity contribution in [3.05, 3.63) is 23.8 Å². The lowest BCUT2D eigenvalue weighted by Crippen LogP contribution is -1.81. The van der Waals surface area contributed by atoms with Crippen molar-refractivity contribution in [1.29, 1.82) is 0 Å². The molecule has 0 heterocycles. The molecule has 0 aliphatic heterocycles. The number of rotatable bonds is 3. The van der Waals surface area contributed by atoms with Crippen molar-refractivity contribution < 1.29 is 4.79 Å². The summed E-state index contributed by atoms with van der Waals surface area (Å²) in [7, 11) is 0. The monoisotopic (exact) mass is 138 g/mol. The van der Waals surface area contributed by atoms with Crippen LogP contribution in [0, 0.1) is 5.92 Å². The Hall–Kier alpha value is -0.850. The molecule has 0 fully saturated rings. The van der Waals surface area contributed by atoms with Gasteiger partial charge in [0.15, 0.2) is 0 Å². The zero-order valence-corrected chi connectivity index (χ0v) is 6.79. The normalized spacial score (nSPS) is 13.0. The van der Waals surface area contributed by atoms with Gasteiger partial charge in [0, 0.05) is 5.57 Å². The fourth-order valence-electron chi connectivity index (χ4n) is 0.507. The molecule has 0 aliphatic rings.